The lowest BCUT2D eigenvalue weighted by molar-refractivity contribution is 0.193. The van der Waals surface area contributed by atoms with Gasteiger partial charge in [0.2, 0.25) is 0 Å². The molecule has 0 spiro atoms. The molecule has 0 bridgehead atoms. The van der Waals surface area contributed by atoms with Gasteiger partial charge in [-0.2, -0.15) is 0 Å². The van der Waals surface area contributed by atoms with E-state index in [1.165, 1.54) is 38.9 Å². The maximum Gasteiger partial charge on any atom is 0.0462 e. The van der Waals surface area contributed by atoms with Crippen LogP contribution in [0.15, 0.2) is 0 Å². The Labute approximate surface area is 76.2 Å². The van der Waals surface area contributed by atoms with Gasteiger partial charge in [0.15, 0.2) is 0 Å². The predicted octanol–water partition coefficient (Wildman–Crippen LogP) is 2.27. The standard InChI is InChI=1S/C9H19N.CHN/c1-3-6-10-7-4-9(2)5-8-10;1-2/h9H,3-8H2,1-2H3;1H. The average Bonchev–Trinajstić information content (AvgIpc) is 2.13. The number of nitrogens with zero attached hydrogens (tertiary/aromatic N) is 2. The van der Waals surface area contributed by atoms with Crippen LogP contribution in [0.4, 0.5) is 0 Å². The molecule has 2 nitrogen and oxygen atoms in total. The lowest BCUT2D eigenvalue weighted by atomic mass is 9.99. The first kappa shape index (κ1) is 11.4. The summed E-state index contributed by atoms with van der Waals surface area (Å²) < 4.78 is 0. The Morgan fingerprint density at radius 1 is 1.33 bits per heavy atom. The number of nitriles is 1. The molecule has 1 saturated heterocycles. The Morgan fingerprint density at radius 3 is 2.25 bits per heavy atom. The topological polar surface area (TPSA) is 27.0 Å². The Morgan fingerprint density at radius 2 is 1.83 bits per heavy atom. The van der Waals surface area contributed by atoms with Crippen molar-refractivity contribution >= 4 is 0 Å². The van der Waals surface area contributed by atoms with Gasteiger partial charge in [-0.1, -0.05) is 13.8 Å². The molecule has 1 fully saturated rings. The van der Waals surface area contributed by atoms with E-state index in [0.29, 0.717) is 0 Å². The van der Waals surface area contributed by atoms with Crippen LogP contribution in [0.1, 0.15) is 33.1 Å². The number of hydrogen-bond acceptors (Lipinski definition) is 2. The van der Waals surface area contributed by atoms with E-state index >= 15 is 0 Å². The molecule has 0 radical (unpaired) electrons. The van der Waals surface area contributed by atoms with Gasteiger partial charge < -0.3 is 4.90 Å². The molecule has 70 valence electrons. The lowest BCUT2D eigenvalue weighted by Crippen LogP contribution is -2.33. The third-order valence-corrected chi connectivity index (χ3v) is 2.42. The third kappa shape index (κ3) is 4.35. The van der Waals surface area contributed by atoms with Crippen molar-refractivity contribution in [2.24, 2.45) is 5.92 Å². The molecule has 0 N–H and O–H groups in total. The van der Waals surface area contributed by atoms with Crippen LogP contribution in [0, 0.1) is 17.8 Å². The van der Waals surface area contributed by atoms with Crippen molar-refractivity contribution in [1.29, 1.82) is 5.26 Å². The SMILES string of the molecule is C#N.CCCN1CCC(C)CC1. The van der Waals surface area contributed by atoms with Crippen molar-refractivity contribution in [3.05, 3.63) is 0 Å². The fourth-order valence-corrected chi connectivity index (χ4v) is 1.60. The van der Waals surface area contributed by atoms with E-state index in [1.807, 2.05) is 0 Å². The van der Waals surface area contributed by atoms with E-state index in [0.717, 1.165) is 5.92 Å². The molecule has 0 amide bonds. The Hall–Kier alpha value is -0.550. The minimum absolute atomic E-state index is 0.980. The number of piperidine rings is 1. The van der Waals surface area contributed by atoms with Gasteiger partial charge >= 0.3 is 0 Å². The van der Waals surface area contributed by atoms with Crippen molar-refractivity contribution in [3.63, 3.8) is 0 Å². The summed E-state index contributed by atoms with van der Waals surface area (Å²) in [5, 5.41) is 6.50. The molecule has 2 heteroatoms. The van der Waals surface area contributed by atoms with E-state index in [-0.39, 0.29) is 0 Å². The molecule has 1 aliphatic heterocycles. The van der Waals surface area contributed by atoms with Gasteiger partial charge in [-0.15, -0.1) is 0 Å². The first-order valence-corrected chi connectivity index (χ1v) is 4.81. The first-order chi connectivity index (χ1) is 5.83. The van der Waals surface area contributed by atoms with Crippen LogP contribution in [0.25, 0.3) is 0 Å². The van der Waals surface area contributed by atoms with Crippen LogP contribution in [0.2, 0.25) is 0 Å². The summed E-state index contributed by atoms with van der Waals surface area (Å²) in [5.41, 5.74) is 0. The van der Waals surface area contributed by atoms with E-state index < -0.39 is 0 Å². The Kier molecular flexibility index (Phi) is 6.79. The molecule has 0 saturated carbocycles. The van der Waals surface area contributed by atoms with Crippen LogP contribution in [-0.4, -0.2) is 24.5 Å². The minimum atomic E-state index is 0.980. The van der Waals surface area contributed by atoms with Gasteiger partial charge in [-0.05, 0) is 44.8 Å². The van der Waals surface area contributed by atoms with Gasteiger partial charge in [0.1, 0.15) is 0 Å². The predicted molar refractivity (Wildman–Crippen MR) is 51.8 cm³/mol. The zero-order chi connectivity index (χ0) is 9.40. The fourth-order valence-electron chi connectivity index (χ4n) is 1.60. The summed E-state index contributed by atoms with van der Waals surface area (Å²) >= 11 is 0. The van der Waals surface area contributed by atoms with Crippen LogP contribution in [0.5, 0.6) is 0 Å². The van der Waals surface area contributed by atoms with E-state index in [9.17, 15) is 0 Å². The van der Waals surface area contributed by atoms with Gasteiger partial charge in [0, 0.05) is 6.57 Å². The molecule has 0 atom stereocenters. The smallest absolute Gasteiger partial charge is 0.0462 e. The van der Waals surface area contributed by atoms with Crippen LogP contribution in [0.3, 0.4) is 0 Å². The molecule has 0 aromatic carbocycles. The summed E-state index contributed by atoms with van der Waals surface area (Å²) in [4.78, 5) is 2.58. The third-order valence-electron chi connectivity index (χ3n) is 2.42. The zero-order valence-electron chi connectivity index (χ0n) is 8.29. The second-order valence-electron chi connectivity index (χ2n) is 3.52. The van der Waals surface area contributed by atoms with Crippen LogP contribution < -0.4 is 0 Å². The Balaban J connectivity index is 0.000000561. The summed E-state index contributed by atoms with van der Waals surface area (Å²) in [6, 6.07) is 0. The van der Waals surface area contributed by atoms with Crippen LogP contribution >= 0.6 is 0 Å². The second-order valence-corrected chi connectivity index (χ2v) is 3.52. The maximum absolute atomic E-state index is 6.50. The zero-order valence-corrected chi connectivity index (χ0v) is 8.29. The van der Waals surface area contributed by atoms with Gasteiger partial charge in [-0.3, -0.25) is 0 Å². The fraction of sp³-hybridized carbons (Fsp3) is 0.900. The molecule has 12 heavy (non-hydrogen) atoms. The minimum Gasteiger partial charge on any atom is -0.303 e. The van der Waals surface area contributed by atoms with E-state index in [4.69, 9.17) is 5.26 Å². The van der Waals surface area contributed by atoms with Crippen molar-refractivity contribution in [1.82, 2.24) is 4.90 Å². The first-order valence-electron chi connectivity index (χ1n) is 4.81. The van der Waals surface area contributed by atoms with Gasteiger partial charge in [-0.25, -0.2) is 5.26 Å². The van der Waals surface area contributed by atoms with Gasteiger partial charge in [0.05, 0.1) is 0 Å². The quantitative estimate of drug-likeness (QED) is 0.632. The highest BCUT2D eigenvalue weighted by Gasteiger charge is 2.13. The van der Waals surface area contributed by atoms with E-state index in [2.05, 4.69) is 25.3 Å². The average molecular weight is 168 g/mol. The summed E-state index contributed by atoms with van der Waals surface area (Å²) in [6.45, 7) is 12.1. The van der Waals surface area contributed by atoms with Crippen molar-refractivity contribution < 1.29 is 0 Å². The number of likely N-dealkylation sites (tertiary alicyclic amines) is 1. The number of rotatable bonds is 2. The summed E-state index contributed by atoms with van der Waals surface area (Å²) in [5.74, 6) is 0.980. The highest BCUT2D eigenvalue weighted by atomic mass is 15.1. The molecule has 0 aliphatic carbocycles. The van der Waals surface area contributed by atoms with Crippen molar-refractivity contribution in [3.8, 4) is 6.57 Å². The molecule has 1 heterocycles. The van der Waals surface area contributed by atoms with E-state index in [1.54, 1.807) is 0 Å². The highest BCUT2D eigenvalue weighted by molar-refractivity contribution is 4.68. The lowest BCUT2D eigenvalue weighted by Gasteiger charge is -2.29. The largest absolute Gasteiger partial charge is 0.303 e. The molecule has 1 rings (SSSR count). The van der Waals surface area contributed by atoms with Crippen LogP contribution in [-0.2, 0) is 0 Å². The molecular formula is C10H20N2. The summed E-state index contributed by atoms with van der Waals surface area (Å²) in [7, 11) is 0. The monoisotopic (exact) mass is 168 g/mol. The molecule has 0 aromatic heterocycles. The van der Waals surface area contributed by atoms with Crippen molar-refractivity contribution in [2.75, 3.05) is 19.6 Å². The normalized spacial score (nSPS) is 19.7. The Bertz CT molecular complexity index is 112. The molecule has 0 aromatic rings. The second kappa shape index (κ2) is 7.12. The number of hydrogen-bond donors (Lipinski definition) is 0. The highest BCUT2D eigenvalue weighted by Crippen LogP contribution is 2.15. The maximum atomic E-state index is 6.50. The van der Waals surface area contributed by atoms with Gasteiger partial charge in [0.25, 0.3) is 0 Å². The van der Waals surface area contributed by atoms with Crippen molar-refractivity contribution in [2.45, 2.75) is 33.1 Å². The molecule has 1 aliphatic rings. The molecule has 0 unspecified atom stereocenters. The molecular weight excluding hydrogens is 148 g/mol. The summed E-state index contributed by atoms with van der Waals surface area (Å²) in [6.07, 6.45) is 4.15.